The average molecular weight is 334 g/mol. The van der Waals surface area contributed by atoms with Crippen LogP contribution in [0.3, 0.4) is 0 Å². The first-order valence-electron chi connectivity index (χ1n) is 6.67. The van der Waals surface area contributed by atoms with E-state index in [9.17, 15) is 13.0 Å². The molecule has 0 aliphatic carbocycles. The predicted molar refractivity (Wildman–Crippen MR) is 82.9 cm³/mol. The van der Waals surface area contributed by atoms with Gasteiger partial charge in [-0.05, 0) is 17.7 Å². The molecule has 118 valence electrons. The van der Waals surface area contributed by atoms with Crippen molar-refractivity contribution in [1.82, 2.24) is 5.16 Å². The quantitative estimate of drug-likeness (QED) is 0.786. The summed E-state index contributed by atoms with van der Waals surface area (Å²) in [7, 11) is -1.63. The van der Waals surface area contributed by atoms with Gasteiger partial charge in [0.25, 0.3) is 6.43 Å². The molecule has 4 nitrogen and oxygen atoms in total. The minimum atomic E-state index is -2.79. The molecule has 1 unspecified atom stereocenters. The van der Waals surface area contributed by atoms with Gasteiger partial charge in [0.1, 0.15) is 16.7 Å². The molecule has 0 aliphatic rings. The van der Waals surface area contributed by atoms with Crippen LogP contribution in [0.1, 0.15) is 12.2 Å². The van der Waals surface area contributed by atoms with Crippen LogP contribution in [0.4, 0.5) is 8.78 Å². The highest BCUT2D eigenvalue weighted by molar-refractivity contribution is 7.82. The summed E-state index contributed by atoms with van der Waals surface area (Å²) in [5.41, 5.74) is 1.72. The van der Waals surface area contributed by atoms with Gasteiger partial charge in [-0.25, -0.2) is 18.1 Å². The number of aromatic nitrogens is 1. The largest absolute Gasteiger partial charge is 0.354 e. The summed E-state index contributed by atoms with van der Waals surface area (Å²) in [6.45, 7) is 0. The van der Waals surface area contributed by atoms with Crippen molar-refractivity contribution < 1.29 is 17.5 Å². The van der Waals surface area contributed by atoms with Gasteiger partial charge in [0, 0.05) is 5.56 Å². The Morgan fingerprint density at radius 3 is 2.22 bits per heavy atom. The van der Waals surface area contributed by atoms with Crippen LogP contribution in [-0.2, 0) is 11.0 Å². The molecule has 3 aromatic rings. The first kappa shape index (κ1) is 15.5. The molecule has 3 rings (SSSR count). The molecule has 1 atom stereocenters. The summed E-state index contributed by atoms with van der Waals surface area (Å²) in [5.74, 6) is -0.495. The maximum atomic E-state index is 13.2. The van der Waals surface area contributed by atoms with E-state index in [4.69, 9.17) is 9.66 Å². The van der Waals surface area contributed by atoms with E-state index < -0.39 is 23.2 Å². The van der Waals surface area contributed by atoms with Gasteiger partial charge in [-0.3, -0.25) is 0 Å². The molecule has 0 saturated carbocycles. The molecule has 23 heavy (non-hydrogen) atoms. The molecule has 2 aromatic carbocycles. The third kappa shape index (κ3) is 3.06. The lowest BCUT2D eigenvalue weighted by Crippen LogP contribution is -2.02. The molecule has 0 radical (unpaired) electrons. The fraction of sp³-hybridized carbons (Fsp3) is 0.0625. The summed E-state index contributed by atoms with van der Waals surface area (Å²) < 4.78 is 42.6. The number of hydrogen-bond acceptors (Lipinski definition) is 3. The van der Waals surface area contributed by atoms with Gasteiger partial charge in [-0.2, -0.15) is 0 Å². The second-order valence-corrected chi connectivity index (χ2v) is 5.83. The van der Waals surface area contributed by atoms with E-state index in [0.29, 0.717) is 21.7 Å². The van der Waals surface area contributed by atoms with Crippen molar-refractivity contribution in [1.29, 1.82) is 0 Å². The number of nitrogens with zero attached hydrogens (tertiary/aromatic N) is 1. The van der Waals surface area contributed by atoms with Gasteiger partial charge < -0.3 is 4.52 Å². The normalized spacial score (nSPS) is 12.5. The second kappa shape index (κ2) is 6.39. The Bertz CT molecular complexity index is 833. The smallest absolute Gasteiger partial charge is 0.298 e. The number of rotatable bonds is 4. The minimum absolute atomic E-state index is 0.223. The maximum absolute atomic E-state index is 13.2. The number of benzene rings is 2. The lowest BCUT2D eigenvalue weighted by molar-refractivity contribution is 0.113. The fourth-order valence-electron chi connectivity index (χ4n) is 2.28. The third-order valence-corrected chi connectivity index (χ3v) is 4.08. The van der Waals surface area contributed by atoms with Gasteiger partial charge in [0.05, 0.1) is 10.5 Å². The van der Waals surface area contributed by atoms with Crippen LogP contribution in [0.15, 0.2) is 64.0 Å². The first-order chi connectivity index (χ1) is 11.1. The SMILES string of the molecule is NS(=O)c1ccc(-c2c(-c3ccccc3)noc2C(F)F)cc1. The van der Waals surface area contributed by atoms with E-state index in [0.717, 1.165) is 0 Å². The lowest BCUT2D eigenvalue weighted by atomic mass is 9.99. The van der Waals surface area contributed by atoms with E-state index in [1.807, 2.05) is 6.07 Å². The molecule has 1 heterocycles. The third-order valence-electron chi connectivity index (χ3n) is 3.34. The van der Waals surface area contributed by atoms with E-state index in [1.165, 1.54) is 12.1 Å². The molecule has 0 aliphatic heterocycles. The van der Waals surface area contributed by atoms with Crippen molar-refractivity contribution in [3.8, 4) is 22.4 Å². The monoisotopic (exact) mass is 334 g/mol. The zero-order chi connectivity index (χ0) is 16.4. The van der Waals surface area contributed by atoms with E-state index in [1.54, 1.807) is 36.4 Å². The van der Waals surface area contributed by atoms with Gasteiger partial charge >= 0.3 is 0 Å². The number of halogens is 2. The van der Waals surface area contributed by atoms with E-state index in [2.05, 4.69) is 5.16 Å². The van der Waals surface area contributed by atoms with Crippen LogP contribution >= 0.6 is 0 Å². The van der Waals surface area contributed by atoms with Crippen molar-refractivity contribution in [3.63, 3.8) is 0 Å². The van der Waals surface area contributed by atoms with Crippen molar-refractivity contribution in [3.05, 3.63) is 60.4 Å². The van der Waals surface area contributed by atoms with Gasteiger partial charge in [-0.15, -0.1) is 0 Å². The van der Waals surface area contributed by atoms with Crippen LogP contribution in [0, 0.1) is 0 Å². The molecule has 0 amide bonds. The summed E-state index contributed by atoms with van der Waals surface area (Å²) >= 11 is 0. The lowest BCUT2D eigenvalue weighted by Gasteiger charge is -2.05. The Balaban J connectivity index is 2.16. The Morgan fingerprint density at radius 1 is 1.00 bits per heavy atom. The second-order valence-electron chi connectivity index (χ2n) is 4.76. The standard InChI is InChI=1S/C16H12F2N2O2S/c17-16(18)15-13(10-6-8-12(9-7-10)23(19)21)14(20-22-15)11-4-2-1-3-5-11/h1-9,16H,19H2. The van der Waals surface area contributed by atoms with Gasteiger partial charge in [0.15, 0.2) is 0 Å². The molecule has 0 fully saturated rings. The van der Waals surface area contributed by atoms with Crippen molar-refractivity contribution >= 4 is 11.0 Å². The average Bonchev–Trinajstić information content (AvgIpc) is 3.01. The van der Waals surface area contributed by atoms with Crippen LogP contribution < -0.4 is 5.14 Å². The molecular formula is C16H12F2N2O2S. The summed E-state index contributed by atoms with van der Waals surface area (Å²) in [6, 6.07) is 15.1. The zero-order valence-electron chi connectivity index (χ0n) is 11.8. The summed E-state index contributed by atoms with van der Waals surface area (Å²) in [5, 5.41) is 9.10. The van der Waals surface area contributed by atoms with Crippen molar-refractivity contribution in [2.24, 2.45) is 5.14 Å². The number of alkyl halides is 2. The summed E-state index contributed by atoms with van der Waals surface area (Å²) in [6.07, 6.45) is -2.79. The minimum Gasteiger partial charge on any atom is -0.354 e. The predicted octanol–water partition coefficient (Wildman–Crippen LogP) is 3.93. The van der Waals surface area contributed by atoms with Gasteiger partial charge in [-0.1, -0.05) is 47.6 Å². The zero-order valence-corrected chi connectivity index (χ0v) is 12.6. The van der Waals surface area contributed by atoms with Crippen LogP contribution in [0.25, 0.3) is 22.4 Å². The molecule has 0 saturated heterocycles. The Hall–Kier alpha value is -2.38. The van der Waals surface area contributed by atoms with Crippen LogP contribution in [0.2, 0.25) is 0 Å². The van der Waals surface area contributed by atoms with Crippen molar-refractivity contribution in [2.45, 2.75) is 11.3 Å². The highest BCUT2D eigenvalue weighted by Gasteiger charge is 2.25. The molecule has 0 bridgehead atoms. The maximum Gasteiger partial charge on any atom is 0.298 e. The number of nitrogens with two attached hydrogens (primary N) is 1. The Kier molecular flexibility index (Phi) is 4.31. The van der Waals surface area contributed by atoms with Crippen LogP contribution in [-0.4, -0.2) is 9.37 Å². The molecular weight excluding hydrogens is 322 g/mol. The first-order valence-corrected chi connectivity index (χ1v) is 7.89. The van der Waals surface area contributed by atoms with Gasteiger partial charge in [0.2, 0.25) is 5.76 Å². The van der Waals surface area contributed by atoms with Crippen LogP contribution in [0.5, 0.6) is 0 Å². The molecule has 7 heteroatoms. The molecule has 2 N–H and O–H groups in total. The highest BCUT2D eigenvalue weighted by atomic mass is 32.2. The Labute approximate surface area is 133 Å². The summed E-state index contributed by atoms with van der Waals surface area (Å²) in [4.78, 5) is 0.407. The van der Waals surface area contributed by atoms with Crippen molar-refractivity contribution in [2.75, 3.05) is 0 Å². The number of hydrogen-bond donors (Lipinski definition) is 1. The van der Waals surface area contributed by atoms with E-state index in [-0.39, 0.29) is 5.56 Å². The molecule has 0 spiro atoms. The van der Waals surface area contributed by atoms with E-state index >= 15 is 0 Å². The topological polar surface area (TPSA) is 69.1 Å². The molecule has 1 aromatic heterocycles. The Morgan fingerprint density at radius 2 is 1.65 bits per heavy atom. The highest BCUT2D eigenvalue weighted by Crippen LogP contribution is 2.38. The fourth-order valence-corrected chi connectivity index (χ4v) is 2.68.